The van der Waals surface area contributed by atoms with Crippen molar-refractivity contribution in [3.63, 3.8) is 0 Å². The van der Waals surface area contributed by atoms with Gasteiger partial charge in [0, 0.05) is 63.7 Å². The summed E-state index contributed by atoms with van der Waals surface area (Å²) < 4.78 is 35.1. The Labute approximate surface area is 864 Å². The summed E-state index contributed by atoms with van der Waals surface area (Å²) in [6.07, 6.45) is 73.3. The van der Waals surface area contributed by atoms with Crippen LogP contribution in [0.15, 0.2) is 12.1 Å². The van der Waals surface area contributed by atoms with Crippen LogP contribution in [0.2, 0.25) is 0 Å². The molecule has 0 aliphatic carbocycles. The second-order valence-electron chi connectivity index (χ2n) is 41.3. The molecule has 6 atom stereocenters. The van der Waals surface area contributed by atoms with E-state index in [4.69, 9.17) is 33.4 Å². The van der Waals surface area contributed by atoms with Crippen molar-refractivity contribution >= 4 is 53.5 Å². The average Bonchev–Trinajstić information content (AvgIpc) is 0.824. The summed E-state index contributed by atoms with van der Waals surface area (Å²) >= 11 is 0. The predicted molar refractivity (Wildman–Crippen MR) is 584 cm³/mol. The van der Waals surface area contributed by atoms with E-state index >= 15 is 0 Å². The highest BCUT2D eigenvalue weighted by Crippen LogP contribution is 2.24. The van der Waals surface area contributed by atoms with Crippen LogP contribution in [0.1, 0.15) is 596 Å². The lowest BCUT2D eigenvalue weighted by molar-refractivity contribution is -0.150. The van der Waals surface area contributed by atoms with Gasteiger partial charge in [0.1, 0.15) is 48.0 Å². The van der Waals surface area contributed by atoms with E-state index in [1.165, 1.54) is 12.1 Å². The molecule has 0 saturated carbocycles. The van der Waals surface area contributed by atoms with Crippen LogP contribution in [0.25, 0.3) is 0 Å². The van der Waals surface area contributed by atoms with Crippen LogP contribution in [0.5, 0.6) is 0 Å². The lowest BCUT2D eigenvalue weighted by atomic mass is 10.1. The van der Waals surface area contributed by atoms with Gasteiger partial charge in [-0.05, 0) is 283 Å². The number of hydrogen-bond acceptors (Lipinski definition) is 19. The number of unbranched alkanes of at least 4 members (excludes halogenated alkanes) is 42. The number of nitrogens with zero attached hydrogens (tertiary/aromatic N) is 4. The zero-order valence-corrected chi connectivity index (χ0v) is 93.5. The van der Waals surface area contributed by atoms with Gasteiger partial charge in [0.25, 0.3) is 17.7 Å². The van der Waals surface area contributed by atoms with Crippen LogP contribution in [0.4, 0.5) is 0 Å². The molecule has 141 heavy (non-hydrogen) atoms. The van der Waals surface area contributed by atoms with Crippen molar-refractivity contribution in [2.45, 2.75) is 601 Å². The summed E-state index contributed by atoms with van der Waals surface area (Å²) in [6.45, 7) is 34.9. The van der Waals surface area contributed by atoms with Crippen molar-refractivity contribution in [1.82, 2.24) is 35.6 Å². The van der Waals surface area contributed by atoms with E-state index in [0.717, 1.165) is 483 Å². The molecule has 3 N–H and O–H groups in total. The van der Waals surface area contributed by atoms with E-state index < -0.39 is 11.8 Å². The quantitative estimate of drug-likeness (QED) is 0.0311. The van der Waals surface area contributed by atoms with E-state index in [9.17, 15) is 43.2 Å². The Balaban J connectivity index is 3.52. The largest absolute Gasteiger partial charge is 0.462 e. The lowest BCUT2D eigenvalue weighted by Crippen LogP contribution is -2.34. The van der Waals surface area contributed by atoms with Gasteiger partial charge in [-0.15, -0.1) is 0 Å². The van der Waals surface area contributed by atoms with Gasteiger partial charge in [0.15, 0.2) is 0 Å². The number of esters is 6. The SMILES string of the molecule is CCCCCC(CC)OC(=O)CCCCCCCCN(CCCCCCCCC(=O)OC(CC)CCCCC)CCCNC(=O)c1cc(C(=O)NCCCN(CCCCCCCCC(=O)OC(CC)CCCCC)CCCCCCCCC(=O)OC(CC)CCCCC)nc(C(=O)NCCCN(CCCCCCCCC(=O)OC(CC)CCCCC)CCCCCCCCC(=O)OC(CC)CCCCC)c1. The maximum Gasteiger partial charge on any atom is 0.306 e. The number of pyridine rings is 1. The van der Waals surface area contributed by atoms with Gasteiger partial charge in [0.05, 0.1) is 0 Å². The average molecular weight is 1990 g/mol. The second-order valence-corrected chi connectivity index (χ2v) is 41.3. The van der Waals surface area contributed by atoms with Gasteiger partial charge < -0.3 is 59.1 Å². The van der Waals surface area contributed by atoms with Gasteiger partial charge in [-0.3, -0.25) is 43.2 Å². The van der Waals surface area contributed by atoms with Crippen LogP contribution < -0.4 is 16.0 Å². The second kappa shape index (κ2) is 97.6. The Morgan fingerprint density at radius 3 is 0.553 bits per heavy atom. The number of rotatable bonds is 105. The highest BCUT2D eigenvalue weighted by atomic mass is 16.6. The summed E-state index contributed by atoms with van der Waals surface area (Å²) in [7, 11) is 0. The number of carbonyl (C=O) groups excluding carboxylic acids is 9. The Hall–Kier alpha value is -5.74. The standard InChI is InChI=1S/C119H221N7O15/c1-13-25-55-76-103(19-7)136-111(127)82-61-43-31-37-49-67-91-124(92-68-50-38-32-44-62-83-112(128)137-104(20-8)77-56-26-14-2)97-73-88-120-117(133)102-100-109(118(134)121-89-74-98-125(93-69-51-39-33-45-63-84-113(129)138-105(21-9)78-57-27-15-3)94-70-52-40-34-46-64-85-114(130)139-106(22-10)79-58-28-16-4)123-110(101-102)119(135)122-90-75-99-126(95-71-53-41-35-47-65-86-115(131)140-107(23-11)80-59-29-17-5)96-72-54-42-36-48-66-87-116(132)141-108(24-12)81-60-30-18-6/h100-101,103-108H,13-99H2,1-12H3,(H,120,133)(H,121,134)(H,122,135). The number of carbonyl (C=O) groups is 9. The molecular formula is C119H221N7O15. The molecule has 3 amide bonds. The molecule has 22 nitrogen and oxygen atoms in total. The molecule has 6 unspecified atom stereocenters. The van der Waals surface area contributed by atoms with Crippen molar-refractivity contribution in [3.8, 4) is 0 Å². The van der Waals surface area contributed by atoms with Crippen LogP contribution in [0.3, 0.4) is 0 Å². The van der Waals surface area contributed by atoms with Gasteiger partial charge in [-0.2, -0.15) is 0 Å². The van der Waals surface area contributed by atoms with Crippen molar-refractivity contribution in [2.24, 2.45) is 0 Å². The molecule has 22 heteroatoms. The maximum absolute atomic E-state index is 14.6. The molecule has 0 aromatic carbocycles. The minimum absolute atomic E-state index is 0.0130. The Kier molecular flexibility index (Phi) is 92.3. The summed E-state index contributed by atoms with van der Waals surface area (Å²) in [5.74, 6) is -1.67. The van der Waals surface area contributed by atoms with Gasteiger partial charge in [-0.1, -0.05) is 314 Å². The Morgan fingerprint density at radius 1 is 0.213 bits per heavy atom. The number of hydrogen-bond donors (Lipinski definition) is 3. The zero-order chi connectivity index (χ0) is 103. The number of nitrogens with one attached hydrogen (secondary N) is 3. The van der Waals surface area contributed by atoms with Crippen molar-refractivity contribution in [3.05, 3.63) is 29.1 Å². The molecular weight excluding hydrogens is 1770 g/mol. The molecule has 1 rings (SSSR count). The first-order valence-corrected chi connectivity index (χ1v) is 60.0. The molecule has 0 bridgehead atoms. The molecule has 1 aromatic rings. The lowest BCUT2D eigenvalue weighted by Gasteiger charge is -2.23. The summed E-state index contributed by atoms with van der Waals surface area (Å²) in [4.78, 5) is 133. The van der Waals surface area contributed by atoms with E-state index in [0.29, 0.717) is 77.4 Å². The highest BCUT2D eigenvalue weighted by molar-refractivity contribution is 6.02. The number of ether oxygens (including phenoxy) is 6. The van der Waals surface area contributed by atoms with Crippen molar-refractivity contribution in [1.29, 1.82) is 0 Å². The third-order valence-electron chi connectivity index (χ3n) is 28.3. The van der Waals surface area contributed by atoms with E-state index in [-0.39, 0.29) is 95.3 Å². The zero-order valence-electron chi connectivity index (χ0n) is 93.5. The van der Waals surface area contributed by atoms with Crippen LogP contribution in [-0.4, -0.2) is 188 Å². The third kappa shape index (κ3) is 80.1. The predicted octanol–water partition coefficient (Wildman–Crippen LogP) is 30.1. The molecule has 0 spiro atoms. The fraction of sp³-hybridized carbons (Fsp3) is 0.882. The molecule has 0 saturated heterocycles. The monoisotopic (exact) mass is 1990 g/mol. The number of aromatic nitrogens is 1. The molecule has 0 aliphatic heterocycles. The van der Waals surface area contributed by atoms with Gasteiger partial charge in [-0.25, -0.2) is 4.98 Å². The number of amides is 3. The van der Waals surface area contributed by atoms with Gasteiger partial charge >= 0.3 is 35.8 Å². The molecule has 822 valence electrons. The molecule has 0 fully saturated rings. The van der Waals surface area contributed by atoms with Crippen LogP contribution in [0, 0.1) is 0 Å². The first kappa shape index (κ1) is 133. The smallest absolute Gasteiger partial charge is 0.306 e. The summed E-state index contributed by atoms with van der Waals surface area (Å²) in [5.41, 5.74) is 0.227. The van der Waals surface area contributed by atoms with Crippen LogP contribution >= 0.6 is 0 Å². The normalized spacial score (nSPS) is 12.9. The van der Waals surface area contributed by atoms with E-state index in [1.54, 1.807) is 0 Å². The van der Waals surface area contributed by atoms with Crippen molar-refractivity contribution in [2.75, 3.05) is 78.5 Å². The highest BCUT2D eigenvalue weighted by Gasteiger charge is 2.23. The minimum atomic E-state index is -0.444. The summed E-state index contributed by atoms with van der Waals surface area (Å²) in [5, 5.41) is 9.46. The topological polar surface area (TPSA) is 268 Å². The van der Waals surface area contributed by atoms with Crippen LogP contribution in [-0.2, 0) is 57.2 Å². The minimum Gasteiger partial charge on any atom is -0.462 e. The van der Waals surface area contributed by atoms with E-state index in [1.807, 2.05) is 0 Å². The maximum atomic E-state index is 14.6. The summed E-state index contributed by atoms with van der Waals surface area (Å²) in [6, 6.07) is 3.05. The van der Waals surface area contributed by atoms with Crippen molar-refractivity contribution < 1.29 is 71.6 Å². The molecule has 0 aliphatic rings. The molecule has 1 heterocycles. The third-order valence-corrected chi connectivity index (χ3v) is 28.3. The Morgan fingerprint density at radius 2 is 0.376 bits per heavy atom. The molecule has 1 aromatic heterocycles. The fourth-order valence-corrected chi connectivity index (χ4v) is 18.8. The first-order valence-electron chi connectivity index (χ1n) is 60.0. The molecule has 0 radical (unpaired) electrons. The van der Waals surface area contributed by atoms with Gasteiger partial charge in [0.2, 0.25) is 0 Å². The Bertz CT molecular complexity index is 2670. The van der Waals surface area contributed by atoms with E-state index in [2.05, 4.69) is 114 Å². The fourth-order valence-electron chi connectivity index (χ4n) is 18.8. The first-order chi connectivity index (χ1) is 68.8.